The fourth-order valence-corrected chi connectivity index (χ4v) is 4.14. The van der Waals surface area contributed by atoms with Crippen LogP contribution < -0.4 is 11.1 Å². The molecule has 5 heteroatoms. The second-order valence-corrected chi connectivity index (χ2v) is 7.89. The molecule has 3 N–H and O–H groups in total. The molecule has 0 saturated heterocycles. The third-order valence-electron chi connectivity index (χ3n) is 5.56. The number of nitrogens with two attached hydrogens (primary N) is 1. The Balaban J connectivity index is 0.00000192. The smallest absolute Gasteiger partial charge is 0.220 e. The van der Waals surface area contributed by atoms with Gasteiger partial charge in [0.1, 0.15) is 0 Å². The summed E-state index contributed by atoms with van der Waals surface area (Å²) in [4.78, 5) is 12.2. The topological polar surface area (TPSA) is 55.1 Å². The Labute approximate surface area is 153 Å². The second-order valence-electron chi connectivity index (χ2n) is 6.98. The highest BCUT2D eigenvalue weighted by atomic mass is 79.9. The lowest BCUT2D eigenvalue weighted by molar-refractivity contribution is -0.122. The van der Waals surface area contributed by atoms with Crippen LogP contribution in [0.25, 0.3) is 0 Å². The lowest BCUT2D eigenvalue weighted by Crippen LogP contribution is -2.46. The molecule has 0 heterocycles. The van der Waals surface area contributed by atoms with Crippen molar-refractivity contribution in [1.29, 1.82) is 0 Å². The summed E-state index contributed by atoms with van der Waals surface area (Å²) in [6, 6.07) is 8.77. The standard InChI is InChI=1S/C18H25BrN2O.ClH/c19-15-7-5-14(6-8-15)18(9-2-10-18)12-21-17(22)11-13-3-1-4-16(13)20;/h5-8,13,16H,1-4,9-12,20H2,(H,21,22);1H/t13-,16+;/m0./s1. The first-order valence-electron chi connectivity index (χ1n) is 8.37. The van der Waals surface area contributed by atoms with Gasteiger partial charge in [-0.05, 0) is 49.3 Å². The lowest BCUT2D eigenvalue weighted by atomic mass is 9.64. The predicted octanol–water partition coefficient (Wildman–Crippen LogP) is 3.93. The first kappa shape index (κ1) is 18.8. The molecule has 3 nitrogen and oxygen atoms in total. The molecule has 0 bridgehead atoms. The van der Waals surface area contributed by atoms with E-state index >= 15 is 0 Å². The van der Waals surface area contributed by atoms with Crippen molar-refractivity contribution < 1.29 is 4.79 Å². The number of hydrogen-bond donors (Lipinski definition) is 2. The van der Waals surface area contributed by atoms with Gasteiger partial charge in [-0.2, -0.15) is 0 Å². The highest BCUT2D eigenvalue weighted by Crippen LogP contribution is 2.43. The van der Waals surface area contributed by atoms with Crippen LogP contribution in [0.15, 0.2) is 28.7 Å². The van der Waals surface area contributed by atoms with Crippen LogP contribution in [0.1, 0.15) is 50.5 Å². The molecule has 1 amide bonds. The van der Waals surface area contributed by atoms with E-state index in [1.54, 1.807) is 0 Å². The molecule has 0 aliphatic heterocycles. The number of amides is 1. The third kappa shape index (κ3) is 4.28. The number of carbonyl (C=O) groups is 1. The minimum absolute atomic E-state index is 0. The van der Waals surface area contributed by atoms with Crippen LogP contribution >= 0.6 is 28.3 Å². The summed E-state index contributed by atoms with van der Waals surface area (Å²) in [5.74, 6) is 0.552. The Morgan fingerprint density at radius 1 is 1.22 bits per heavy atom. The van der Waals surface area contributed by atoms with E-state index in [9.17, 15) is 4.79 Å². The Bertz CT molecular complexity index is 530. The van der Waals surface area contributed by atoms with Crippen LogP contribution in [0.2, 0.25) is 0 Å². The monoisotopic (exact) mass is 400 g/mol. The van der Waals surface area contributed by atoms with Crippen molar-refractivity contribution in [3.8, 4) is 0 Å². The molecule has 2 atom stereocenters. The zero-order chi connectivity index (χ0) is 15.6. The molecule has 0 aromatic heterocycles. The summed E-state index contributed by atoms with van der Waals surface area (Å²) < 4.78 is 1.10. The minimum Gasteiger partial charge on any atom is -0.355 e. The SMILES string of the molecule is Cl.N[C@@H]1CCC[C@H]1CC(=O)NCC1(c2ccc(Br)cc2)CCC1. The van der Waals surface area contributed by atoms with Crippen LogP contribution in [0.4, 0.5) is 0 Å². The first-order valence-corrected chi connectivity index (χ1v) is 9.17. The average molecular weight is 402 g/mol. The third-order valence-corrected chi connectivity index (χ3v) is 6.09. The van der Waals surface area contributed by atoms with E-state index in [-0.39, 0.29) is 29.8 Å². The van der Waals surface area contributed by atoms with Crippen molar-refractivity contribution in [1.82, 2.24) is 5.32 Å². The van der Waals surface area contributed by atoms with E-state index in [1.165, 1.54) is 18.4 Å². The van der Waals surface area contributed by atoms with Gasteiger partial charge in [0.15, 0.2) is 0 Å². The van der Waals surface area contributed by atoms with Crippen LogP contribution in [0.3, 0.4) is 0 Å². The number of halogens is 2. The van der Waals surface area contributed by atoms with Crippen LogP contribution in [-0.2, 0) is 10.2 Å². The van der Waals surface area contributed by atoms with Crippen molar-refractivity contribution in [2.75, 3.05) is 6.54 Å². The van der Waals surface area contributed by atoms with Gasteiger partial charge in [0.2, 0.25) is 5.91 Å². The number of carbonyl (C=O) groups excluding carboxylic acids is 1. The first-order chi connectivity index (χ1) is 10.6. The molecule has 23 heavy (non-hydrogen) atoms. The van der Waals surface area contributed by atoms with Gasteiger partial charge in [0.25, 0.3) is 0 Å². The molecule has 2 aliphatic rings. The molecule has 1 aromatic carbocycles. The molecule has 1 aromatic rings. The molecule has 2 fully saturated rings. The summed E-state index contributed by atoms with van der Waals surface area (Å²) >= 11 is 3.49. The van der Waals surface area contributed by atoms with E-state index in [0.29, 0.717) is 12.3 Å². The molecule has 0 unspecified atom stereocenters. The Kier molecular flexibility index (Phi) is 6.52. The number of nitrogens with one attached hydrogen (secondary N) is 1. The molecule has 0 radical (unpaired) electrons. The van der Waals surface area contributed by atoms with Crippen molar-refractivity contribution >= 4 is 34.2 Å². The minimum atomic E-state index is 0. The molecule has 2 aliphatic carbocycles. The van der Waals surface area contributed by atoms with E-state index < -0.39 is 0 Å². The molecular formula is C18H26BrClN2O. The van der Waals surface area contributed by atoms with Gasteiger partial charge in [-0.25, -0.2) is 0 Å². The summed E-state index contributed by atoms with van der Waals surface area (Å²) in [5, 5.41) is 3.18. The van der Waals surface area contributed by atoms with E-state index in [1.807, 2.05) is 0 Å². The zero-order valence-electron chi connectivity index (χ0n) is 13.4. The van der Waals surface area contributed by atoms with Gasteiger partial charge in [0.05, 0.1) is 0 Å². The highest BCUT2D eigenvalue weighted by Gasteiger charge is 2.39. The fourth-order valence-electron chi connectivity index (χ4n) is 3.87. The van der Waals surface area contributed by atoms with Crippen molar-refractivity contribution in [3.05, 3.63) is 34.3 Å². The maximum Gasteiger partial charge on any atom is 0.220 e. The summed E-state index contributed by atoms with van der Waals surface area (Å²) in [6.45, 7) is 0.759. The normalized spacial score (nSPS) is 25.3. The maximum absolute atomic E-state index is 12.2. The van der Waals surface area contributed by atoms with Gasteiger partial charge in [-0.15, -0.1) is 12.4 Å². The molecule has 3 rings (SSSR count). The Hall–Kier alpha value is -0.580. The van der Waals surface area contributed by atoms with E-state index in [0.717, 1.165) is 36.7 Å². The van der Waals surface area contributed by atoms with Gasteiger partial charge in [-0.1, -0.05) is 40.9 Å². The summed E-state index contributed by atoms with van der Waals surface area (Å²) in [5.41, 5.74) is 7.56. The predicted molar refractivity (Wildman–Crippen MR) is 99.9 cm³/mol. The average Bonchev–Trinajstić information content (AvgIpc) is 2.85. The van der Waals surface area contributed by atoms with E-state index in [2.05, 4.69) is 45.5 Å². The fraction of sp³-hybridized carbons (Fsp3) is 0.611. The lowest BCUT2D eigenvalue weighted by Gasteiger charge is -2.42. The molecule has 2 saturated carbocycles. The van der Waals surface area contributed by atoms with Crippen LogP contribution in [0, 0.1) is 5.92 Å². The van der Waals surface area contributed by atoms with Gasteiger partial charge in [0, 0.05) is 28.9 Å². The number of rotatable bonds is 5. The summed E-state index contributed by atoms with van der Waals surface area (Å²) in [7, 11) is 0. The van der Waals surface area contributed by atoms with Crippen molar-refractivity contribution in [3.63, 3.8) is 0 Å². The molecule has 128 valence electrons. The van der Waals surface area contributed by atoms with Gasteiger partial charge in [-0.3, -0.25) is 4.79 Å². The van der Waals surface area contributed by atoms with Crippen LogP contribution in [0.5, 0.6) is 0 Å². The van der Waals surface area contributed by atoms with E-state index in [4.69, 9.17) is 5.73 Å². The molecular weight excluding hydrogens is 376 g/mol. The Morgan fingerprint density at radius 2 is 1.91 bits per heavy atom. The quantitative estimate of drug-likeness (QED) is 0.785. The largest absolute Gasteiger partial charge is 0.355 e. The number of benzene rings is 1. The number of hydrogen-bond acceptors (Lipinski definition) is 2. The maximum atomic E-state index is 12.2. The van der Waals surface area contributed by atoms with Crippen molar-refractivity contribution in [2.45, 2.75) is 56.4 Å². The second kappa shape index (κ2) is 8.00. The zero-order valence-corrected chi connectivity index (χ0v) is 15.8. The van der Waals surface area contributed by atoms with Gasteiger partial charge >= 0.3 is 0 Å². The van der Waals surface area contributed by atoms with Gasteiger partial charge < -0.3 is 11.1 Å². The Morgan fingerprint density at radius 3 is 2.43 bits per heavy atom. The highest BCUT2D eigenvalue weighted by molar-refractivity contribution is 9.10. The molecule has 0 spiro atoms. The van der Waals surface area contributed by atoms with Crippen molar-refractivity contribution in [2.24, 2.45) is 11.7 Å². The van der Waals surface area contributed by atoms with Crippen LogP contribution in [-0.4, -0.2) is 18.5 Å². The summed E-state index contributed by atoms with van der Waals surface area (Å²) in [6.07, 6.45) is 7.52.